The Hall–Kier alpha value is -1.43. The van der Waals surface area contributed by atoms with E-state index in [1.54, 1.807) is 0 Å². The highest BCUT2D eigenvalue weighted by molar-refractivity contribution is 9.09. The largest absolute Gasteiger partial charge is 0.427 e. The third-order valence-corrected chi connectivity index (χ3v) is 4.60. The lowest BCUT2D eigenvalue weighted by atomic mass is 10.1. The molecule has 1 rings (SSSR count). The molecule has 0 aliphatic rings. The molecule has 0 radical (unpaired) electrons. The molecule has 0 amide bonds. The first-order valence-corrected chi connectivity index (χ1v) is 10.3. The van der Waals surface area contributed by atoms with Gasteiger partial charge in [-0.1, -0.05) is 67.3 Å². The Morgan fingerprint density at radius 2 is 1.36 bits per heavy atom. The van der Waals surface area contributed by atoms with E-state index in [1.807, 2.05) is 0 Å². The van der Waals surface area contributed by atoms with Crippen LogP contribution in [0.25, 0.3) is 0 Å². The summed E-state index contributed by atoms with van der Waals surface area (Å²) in [5.74, 6) is 0.0798. The monoisotopic (exact) mass is 413 g/mol. The summed E-state index contributed by atoms with van der Waals surface area (Å²) in [6, 6.07) is 5.58. The van der Waals surface area contributed by atoms with Gasteiger partial charge < -0.3 is 4.74 Å². The van der Waals surface area contributed by atoms with Crippen molar-refractivity contribution in [2.24, 2.45) is 0 Å². The second kappa shape index (κ2) is 13.8. The van der Waals surface area contributed by atoms with Crippen molar-refractivity contribution in [1.29, 1.82) is 0 Å². The summed E-state index contributed by atoms with van der Waals surface area (Å²) in [6.07, 6.45) is 12.5. The van der Waals surface area contributed by atoms with Crippen LogP contribution in [0.15, 0.2) is 24.3 Å². The first-order valence-electron chi connectivity index (χ1n) is 9.14. The smallest absolute Gasteiger partial charge is 0.311 e. The summed E-state index contributed by atoms with van der Waals surface area (Å²) in [5.41, 5.74) is -0.0112. The van der Waals surface area contributed by atoms with Gasteiger partial charge in [-0.25, -0.2) is 0 Å². The maximum Gasteiger partial charge on any atom is 0.311 e. The van der Waals surface area contributed by atoms with Gasteiger partial charge in [0.25, 0.3) is 5.69 Å². The molecule has 0 aliphatic carbocycles. The zero-order chi connectivity index (χ0) is 18.3. The summed E-state index contributed by atoms with van der Waals surface area (Å²) in [7, 11) is 0. The van der Waals surface area contributed by atoms with E-state index >= 15 is 0 Å². The maximum absolute atomic E-state index is 11.7. The van der Waals surface area contributed by atoms with Gasteiger partial charge in [-0.2, -0.15) is 0 Å². The van der Waals surface area contributed by atoms with E-state index in [4.69, 9.17) is 4.74 Å². The molecule has 0 unspecified atom stereocenters. The van der Waals surface area contributed by atoms with Gasteiger partial charge in [0.2, 0.25) is 0 Å². The van der Waals surface area contributed by atoms with Crippen molar-refractivity contribution in [2.75, 3.05) is 5.33 Å². The van der Waals surface area contributed by atoms with Crippen molar-refractivity contribution in [2.45, 2.75) is 70.6 Å². The molecule has 0 saturated carbocycles. The van der Waals surface area contributed by atoms with E-state index < -0.39 is 4.92 Å². The fourth-order valence-electron chi connectivity index (χ4n) is 2.60. The number of benzene rings is 1. The molecule has 25 heavy (non-hydrogen) atoms. The van der Waals surface area contributed by atoms with Crippen LogP contribution >= 0.6 is 15.9 Å². The number of nitrogens with zero attached hydrogens (tertiary/aromatic N) is 1. The van der Waals surface area contributed by atoms with Crippen LogP contribution in [0.3, 0.4) is 0 Å². The molecule has 0 spiro atoms. The van der Waals surface area contributed by atoms with E-state index in [2.05, 4.69) is 15.9 Å². The molecule has 140 valence electrons. The minimum atomic E-state index is -0.477. The van der Waals surface area contributed by atoms with Crippen LogP contribution in [-0.4, -0.2) is 16.2 Å². The second-order valence-electron chi connectivity index (χ2n) is 6.20. The van der Waals surface area contributed by atoms with Gasteiger partial charge in [-0.05, 0) is 25.0 Å². The molecule has 0 fully saturated rings. The number of halogens is 1. The summed E-state index contributed by atoms with van der Waals surface area (Å²) in [6.45, 7) is 0. The van der Waals surface area contributed by atoms with Crippen LogP contribution in [0, 0.1) is 10.1 Å². The molecule has 0 heterocycles. The standard InChI is InChI=1S/C19H28BrNO4/c20-16-10-8-6-4-2-1-3-5-7-9-11-19(22)25-18-14-12-17(13-15-18)21(23)24/h12-15H,1-11,16H2. The summed E-state index contributed by atoms with van der Waals surface area (Å²) >= 11 is 3.45. The Labute approximate surface area is 158 Å². The first kappa shape index (κ1) is 21.6. The Morgan fingerprint density at radius 1 is 0.880 bits per heavy atom. The Kier molecular flexibility index (Phi) is 11.9. The number of carbonyl (C=O) groups excluding carboxylic acids is 1. The number of carbonyl (C=O) groups is 1. The molecule has 0 N–H and O–H groups in total. The predicted molar refractivity (Wildman–Crippen MR) is 103 cm³/mol. The molecular weight excluding hydrogens is 386 g/mol. The summed E-state index contributed by atoms with van der Waals surface area (Å²) in [5, 5.41) is 11.7. The zero-order valence-electron chi connectivity index (χ0n) is 14.8. The van der Waals surface area contributed by atoms with Gasteiger partial charge in [0.1, 0.15) is 5.75 Å². The molecule has 0 bridgehead atoms. The molecule has 5 nitrogen and oxygen atoms in total. The highest BCUT2D eigenvalue weighted by atomic mass is 79.9. The molecule has 1 aromatic carbocycles. The molecule has 0 atom stereocenters. The summed E-state index contributed by atoms with van der Waals surface area (Å²) in [4.78, 5) is 21.8. The van der Waals surface area contributed by atoms with Gasteiger partial charge in [-0.15, -0.1) is 0 Å². The molecule has 0 saturated heterocycles. The number of nitro benzene ring substituents is 1. The van der Waals surface area contributed by atoms with Crippen molar-refractivity contribution in [3.05, 3.63) is 34.4 Å². The van der Waals surface area contributed by atoms with Crippen LogP contribution < -0.4 is 4.74 Å². The van der Waals surface area contributed by atoms with E-state index in [0.717, 1.165) is 24.6 Å². The van der Waals surface area contributed by atoms with Gasteiger partial charge in [0.15, 0.2) is 0 Å². The quantitative estimate of drug-likeness (QED) is 0.0909. The zero-order valence-corrected chi connectivity index (χ0v) is 16.3. The third-order valence-electron chi connectivity index (χ3n) is 4.04. The first-order chi connectivity index (χ1) is 12.1. The van der Waals surface area contributed by atoms with Crippen molar-refractivity contribution >= 4 is 27.6 Å². The van der Waals surface area contributed by atoms with Crippen molar-refractivity contribution in [1.82, 2.24) is 0 Å². The fourth-order valence-corrected chi connectivity index (χ4v) is 2.99. The number of ether oxygens (including phenoxy) is 1. The van der Waals surface area contributed by atoms with Crippen molar-refractivity contribution < 1.29 is 14.5 Å². The minimum Gasteiger partial charge on any atom is -0.427 e. The Balaban J connectivity index is 1.99. The van der Waals surface area contributed by atoms with Crippen LogP contribution in [0.2, 0.25) is 0 Å². The molecule has 6 heteroatoms. The van der Waals surface area contributed by atoms with Gasteiger partial charge >= 0.3 is 5.97 Å². The van der Waals surface area contributed by atoms with E-state index in [-0.39, 0.29) is 11.7 Å². The number of nitro groups is 1. The number of hydrogen-bond donors (Lipinski definition) is 0. The van der Waals surface area contributed by atoms with Crippen LogP contribution in [-0.2, 0) is 4.79 Å². The number of unbranched alkanes of at least 4 members (excludes halogenated alkanes) is 9. The lowest BCUT2D eigenvalue weighted by Crippen LogP contribution is -2.07. The molecular formula is C19H28BrNO4. The van der Waals surface area contributed by atoms with Crippen molar-refractivity contribution in [3.8, 4) is 5.75 Å². The lowest BCUT2D eigenvalue weighted by molar-refractivity contribution is -0.384. The highest BCUT2D eigenvalue weighted by Crippen LogP contribution is 2.18. The van der Waals surface area contributed by atoms with E-state index in [9.17, 15) is 14.9 Å². The minimum absolute atomic E-state index is 0.0112. The van der Waals surface area contributed by atoms with Crippen molar-refractivity contribution in [3.63, 3.8) is 0 Å². The lowest BCUT2D eigenvalue weighted by Gasteiger charge is -2.04. The third kappa shape index (κ3) is 10.9. The molecule has 0 aromatic heterocycles. The van der Waals surface area contributed by atoms with Crippen LogP contribution in [0.5, 0.6) is 5.75 Å². The maximum atomic E-state index is 11.7. The fraction of sp³-hybridized carbons (Fsp3) is 0.632. The van der Waals surface area contributed by atoms with E-state index in [1.165, 1.54) is 69.2 Å². The highest BCUT2D eigenvalue weighted by Gasteiger charge is 2.08. The average Bonchev–Trinajstić information content (AvgIpc) is 2.60. The normalized spacial score (nSPS) is 10.6. The van der Waals surface area contributed by atoms with Gasteiger partial charge in [0.05, 0.1) is 4.92 Å². The molecule has 0 aliphatic heterocycles. The number of esters is 1. The number of alkyl halides is 1. The Morgan fingerprint density at radius 3 is 1.84 bits per heavy atom. The predicted octanol–water partition coefficient (Wildman–Crippen LogP) is 6.19. The number of hydrogen-bond acceptors (Lipinski definition) is 4. The number of rotatable bonds is 14. The topological polar surface area (TPSA) is 69.4 Å². The van der Waals surface area contributed by atoms with Gasteiger partial charge in [0, 0.05) is 23.9 Å². The second-order valence-corrected chi connectivity index (χ2v) is 6.99. The number of non-ortho nitro benzene ring substituents is 1. The van der Waals surface area contributed by atoms with E-state index in [0.29, 0.717) is 12.2 Å². The summed E-state index contributed by atoms with van der Waals surface area (Å²) < 4.78 is 5.18. The van der Waals surface area contributed by atoms with Crippen LogP contribution in [0.1, 0.15) is 70.6 Å². The Bertz CT molecular complexity index is 505. The molecule has 1 aromatic rings. The van der Waals surface area contributed by atoms with Crippen LogP contribution in [0.4, 0.5) is 5.69 Å². The van der Waals surface area contributed by atoms with Gasteiger partial charge in [-0.3, -0.25) is 14.9 Å². The SMILES string of the molecule is O=C(CCCCCCCCCCCCBr)Oc1ccc([N+](=O)[O-])cc1. The average molecular weight is 414 g/mol.